The summed E-state index contributed by atoms with van der Waals surface area (Å²) < 4.78 is 0. The van der Waals surface area contributed by atoms with Gasteiger partial charge in [-0.15, -0.1) is 0 Å². The van der Waals surface area contributed by atoms with Crippen molar-refractivity contribution in [3.63, 3.8) is 0 Å². The van der Waals surface area contributed by atoms with Crippen LogP contribution in [-0.2, 0) is 0 Å². The summed E-state index contributed by atoms with van der Waals surface area (Å²) in [6, 6.07) is 7.10. The normalized spacial score (nSPS) is 17.5. The Labute approximate surface area is 138 Å². The Bertz CT molecular complexity index is 680. The van der Waals surface area contributed by atoms with E-state index in [1.165, 1.54) is 6.33 Å². The number of halogens is 2. The lowest BCUT2D eigenvalue weighted by atomic mass is 10.2. The van der Waals surface area contributed by atoms with Crippen molar-refractivity contribution in [1.29, 1.82) is 0 Å². The molecule has 0 bridgehead atoms. The summed E-state index contributed by atoms with van der Waals surface area (Å²) in [6.45, 7) is 1.54. The lowest BCUT2D eigenvalue weighted by molar-refractivity contribution is 0.0935. The topological polar surface area (TPSA) is 58.1 Å². The molecular weight excluding hydrogens is 323 g/mol. The van der Waals surface area contributed by atoms with Gasteiger partial charge in [-0.2, -0.15) is 0 Å². The molecule has 1 saturated heterocycles. The molecule has 7 heteroatoms. The zero-order chi connectivity index (χ0) is 15.5. The molecule has 0 aliphatic carbocycles. The molecule has 2 heterocycles. The molecule has 114 valence electrons. The van der Waals surface area contributed by atoms with E-state index < -0.39 is 0 Å². The molecule has 3 rings (SSSR count). The van der Waals surface area contributed by atoms with Crippen LogP contribution in [0, 0.1) is 0 Å². The first-order valence-electron chi connectivity index (χ1n) is 6.90. The average Bonchev–Trinajstić information content (AvgIpc) is 2.96. The van der Waals surface area contributed by atoms with E-state index in [9.17, 15) is 4.79 Å². The molecule has 0 saturated carbocycles. The van der Waals surface area contributed by atoms with Crippen molar-refractivity contribution in [1.82, 2.24) is 15.3 Å². The summed E-state index contributed by atoms with van der Waals surface area (Å²) in [4.78, 5) is 22.0. The van der Waals surface area contributed by atoms with Gasteiger partial charge >= 0.3 is 0 Å². The van der Waals surface area contributed by atoms with Crippen molar-refractivity contribution in [2.24, 2.45) is 0 Å². The Morgan fingerprint density at radius 2 is 2.18 bits per heavy atom. The van der Waals surface area contributed by atoms with Crippen molar-refractivity contribution in [2.75, 3.05) is 18.0 Å². The van der Waals surface area contributed by atoms with Crippen LogP contribution in [-0.4, -0.2) is 35.0 Å². The van der Waals surface area contributed by atoms with Gasteiger partial charge in [0, 0.05) is 30.4 Å². The molecule has 0 unspecified atom stereocenters. The van der Waals surface area contributed by atoms with Crippen molar-refractivity contribution in [2.45, 2.75) is 12.5 Å². The number of carbonyl (C=O) groups excluding carboxylic acids is 1. The van der Waals surface area contributed by atoms with Gasteiger partial charge in [-0.3, -0.25) is 4.79 Å². The maximum absolute atomic E-state index is 12.1. The third kappa shape index (κ3) is 3.31. The summed E-state index contributed by atoms with van der Waals surface area (Å²) in [6.07, 6.45) is 3.77. The molecule has 22 heavy (non-hydrogen) atoms. The summed E-state index contributed by atoms with van der Waals surface area (Å²) in [5, 5.41) is 4.22. The van der Waals surface area contributed by atoms with Crippen LogP contribution < -0.4 is 10.2 Å². The minimum atomic E-state index is -0.184. The second-order valence-electron chi connectivity index (χ2n) is 5.10. The second kappa shape index (κ2) is 6.50. The predicted molar refractivity (Wildman–Crippen MR) is 86.6 cm³/mol. The van der Waals surface area contributed by atoms with E-state index in [1.54, 1.807) is 18.3 Å². The molecule has 1 aromatic heterocycles. The van der Waals surface area contributed by atoms with Gasteiger partial charge in [0.15, 0.2) is 0 Å². The minimum Gasteiger partial charge on any atom is -0.368 e. The zero-order valence-corrected chi connectivity index (χ0v) is 13.2. The lowest BCUT2D eigenvalue weighted by Gasteiger charge is -2.20. The first kappa shape index (κ1) is 15.1. The molecule has 1 aliphatic heterocycles. The standard InChI is InChI=1S/C15H14Cl2N4O/c16-10-1-2-14(12(17)7-10)21-6-4-11(8-21)20-15(22)13-3-5-18-9-19-13/h1-3,5,7,9,11H,4,6,8H2,(H,20,22)/t11-/m1/s1. The Morgan fingerprint density at radius 3 is 2.91 bits per heavy atom. The number of aromatic nitrogens is 2. The highest BCUT2D eigenvalue weighted by Crippen LogP contribution is 2.31. The Hall–Kier alpha value is -1.85. The zero-order valence-electron chi connectivity index (χ0n) is 11.7. The van der Waals surface area contributed by atoms with Crippen molar-refractivity contribution < 1.29 is 4.79 Å². The molecule has 0 spiro atoms. The second-order valence-corrected chi connectivity index (χ2v) is 5.94. The minimum absolute atomic E-state index is 0.0641. The number of anilines is 1. The van der Waals surface area contributed by atoms with Gasteiger partial charge in [-0.1, -0.05) is 23.2 Å². The van der Waals surface area contributed by atoms with Gasteiger partial charge in [0.2, 0.25) is 0 Å². The number of hydrogen-bond donors (Lipinski definition) is 1. The van der Waals surface area contributed by atoms with E-state index in [1.807, 2.05) is 12.1 Å². The number of carbonyl (C=O) groups is 1. The number of hydrogen-bond acceptors (Lipinski definition) is 4. The number of rotatable bonds is 3. The number of amides is 1. The summed E-state index contributed by atoms with van der Waals surface area (Å²) in [7, 11) is 0. The Kier molecular flexibility index (Phi) is 4.45. The molecule has 1 aliphatic rings. The molecule has 1 amide bonds. The van der Waals surface area contributed by atoms with Crippen LogP contribution in [0.25, 0.3) is 0 Å². The van der Waals surface area contributed by atoms with Crippen LogP contribution in [0.5, 0.6) is 0 Å². The van der Waals surface area contributed by atoms with Crippen LogP contribution in [0.2, 0.25) is 10.0 Å². The molecule has 1 fully saturated rings. The molecule has 1 aromatic carbocycles. The monoisotopic (exact) mass is 336 g/mol. The highest BCUT2D eigenvalue weighted by atomic mass is 35.5. The van der Waals surface area contributed by atoms with E-state index in [0.717, 1.165) is 18.7 Å². The third-order valence-electron chi connectivity index (χ3n) is 3.59. The van der Waals surface area contributed by atoms with Gasteiger partial charge < -0.3 is 10.2 Å². The van der Waals surface area contributed by atoms with Gasteiger partial charge in [0.05, 0.1) is 10.7 Å². The number of nitrogens with one attached hydrogen (secondary N) is 1. The van der Waals surface area contributed by atoms with Crippen LogP contribution in [0.3, 0.4) is 0 Å². The first-order valence-corrected chi connectivity index (χ1v) is 7.66. The maximum atomic E-state index is 12.1. The van der Waals surface area contributed by atoms with Gasteiger partial charge in [-0.25, -0.2) is 9.97 Å². The quantitative estimate of drug-likeness (QED) is 0.936. The average molecular weight is 337 g/mol. The maximum Gasteiger partial charge on any atom is 0.270 e. The Morgan fingerprint density at radius 1 is 1.32 bits per heavy atom. The number of benzene rings is 1. The van der Waals surface area contributed by atoms with Gasteiger partial charge in [0.1, 0.15) is 12.0 Å². The van der Waals surface area contributed by atoms with E-state index in [4.69, 9.17) is 23.2 Å². The van der Waals surface area contributed by atoms with E-state index in [2.05, 4.69) is 20.2 Å². The third-order valence-corrected chi connectivity index (χ3v) is 4.13. The first-order chi connectivity index (χ1) is 10.6. The van der Waals surface area contributed by atoms with Gasteiger partial charge in [-0.05, 0) is 30.7 Å². The predicted octanol–water partition coefficient (Wildman–Crippen LogP) is 2.79. The highest BCUT2D eigenvalue weighted by molar-refractivity contribution is 6.36. The largest absolute Gasteiger partial charge is 0.368 e. The fraction of sp³-hybridized carbons (Fsp3) is 0.267. The molecule has 0 radical (unpaired) electrons. The van der Waals surface area contributed by atoms with Crippen molar-refractivity contribution in [3.05, 3.63) is 52.5 Å². The van der Waals surface area contributed by atoms with Crippen LogP contribution in [0.4, 0.5) is 5.69 Å². The van der Waals surface area contributed by atoms with Crippen LogP contribution in [0.15, 0.2) is 36.8 Å². The van der Waals surface area contributed by atoms with E-state index >= 15 is 0 Å². The Balaban J connectivity index is 1.64. The summed E-state index contributed by atoms with van der Waals surface area (Å²) in [5.74, 6) is -0.184. The summed E-state index contributed by atoms with van der Waals surface area (Å²) >= 11 is 12.1. The van der Waals surface area contributed by atoms with Crippen LogP contribution >= 0.6 is 23.2 Å². The fourth-order valence-corrected chi connectivity index (χ4v) is 3.05. The van der Waals surface area contributed by atoms with Crippen molar-refractivity contribution >= 4 is 34.8 Å². The van der Waals surface area contributed by atoms with E-state index in [-0.39, 0.29) is 11.9 Å². The summed E-state index contributed by atoms with van der Waals surface area (Å²) in [5.41, 5.74) is 1.31. The molecule has 1 N–H and O–H groups in total. The lowest BCUT2D eigenvalue weighted by Crippen LogP contribution is -2.37. The smallest absolute Gasteiger partial charge is 0.270 e. The fourth-order valence-electron chi connectivity index (χ4n) is 2.52. The number of nitrogens with zero attached hydrogens (tertiary/aromatic N) is 3. The highest BCUT2D eigenvalue weighted by Gasteiger charge is 2.25. The van der Waals surface area contributed by atoms with Crippen molar-refractivity contribution in [3.8, 4) is 0 Å². The molecule has 1 atom stereocenters. The SMILES string of the molecule is O=C(N[C@@H]1CCN(c2ccc(Cl)cc2Cl)C1)c1ccncn1. The van der Waals surface area contributed by atoms with Gasteiger partial charge in [0.25, 0.3) is 5.91 Å². The molecule has 5 nitrogen and oxygen atoms in total. The van der Waals surface area contributed by atoms with Crippen LogP contribution in [0.1, 0.15) is 16.9 Å². The molecular formula is C15H14Cl2N4O. The molecule has 2 aromatic rings. The van der Waals surface area contributed by atoms with E-state index in [0.29, 0.717) is 22.3 Å².